The van der Waals surface area contributed by atoms with Crippen molar-refractivity contribution in [3.8, 4) is 0 Å². The number of fused-ring (bicyclic) bond motifs is 1. The van der Waals surface area contributed by atoms with Crippen LogP contribution in [0.2, 0.25) is 0 Å². The average molecular weight is 413 g/mol. The Morgan fingerprint density at radius 2 is 2.13 bits per heavy atom. The van der Waals surface area contributed by atoms with Crippen LogP contribution in [-0.4, -0.2) is 39.7 Å². The molecule has 0 aromatic carbocycles. The molecule has 1 aliphatic rings. The topological polar surface area (TPSA) is 86.9 Å². The zero-order valence-corrected chi connectivity index (χ0v) is 16.6. The van der Waals surface area contributed by atoms with Gasteiger partial charge in [-0.25, -0.2) is 23.8 Å². The van der Waals surface area contributed by atoms with E-state index in [1.165, 1.54) is 34.1 Å². The number of halogens is 2. The molecule has 0 bridgehead atoms. The fraction of sp³-hybridized carbons (Fsp3) is 0.300. The van der Waals surface area contributed by atoms with E-state index in [4.69, 9.17) is 0 Å². The summed E-state index contributed by atoms with van der Waals surface area (Å²) in [6.07, 6.45) is 5.13. The van der Waals surface area contributed by atoms with Gasteiger partial charge in [0.05, 0.1) is 12.2 Å². The molecule has 1 amide bonds. The van der Waals surface area contributed by atoms with E-state index in [1.807, 2.05) is 6.92 Å². The molecule has 3 aromatic rings. The molecule has 1 aliphatic heterocycles. The molecule has 3 aromatic heterocycles. The van der Waals surface area contributed by atoms with E-state index in [-0.39, 0.29) is 23.7 Å². The highest BCUT2D eigenvalue weighted by molar-refractivity contribution is 5.94. The van der Waals surface area contributed by atoms with Gasteiger partial charge in [-0.2, -0.15) is 5.10 Å². The molecular weight excluding hydrogens is 392 g/mol. The molecule has 4 rings (SSSR count). The summed E-state index contributed by atoms with van der Waals surface area (Å²) in [6, 6.07) is 2.70. The van der Waals surface area contributed by atoms with Gasteiger partial charge >= 0.3 is 0 Å². The van der Waals surface area contributed by atoms with Gasteiger partial charge in [0.25, 0.3) is 5.91 Å². The largest absolute Gasteiger partial charge is 0.373 e. The van der Waals surface area contributed by atoms with Crippen molar-refractivity contribution in [3.05, 3.63) is 58.7 Å². The molecule has 10 heteroatoms. The highest BCUT2D eigenvalue weighted by Crippen LogP contribution is 2.20. The molecule has 0 aliphatic carbocycles. The first-order chi connectivity index (χ1) is 14.5. The van der Waals surface area contributed by atoms with E-state index >= 15 is 0 Å². The van der Waals surface area contributed by atoms with E-state index in [1.54, 1.807) is 13.1 Å². The molecular formula is C20H21F2N7O. The van der Waals surface area contributed by atoms with Crippen molar-refractivity contribution < 1.29 is 13.6 Å². The Kier molecular flexibility index (Phi) is 5.30. The van der Waals surface area contributed by atoms with Gasteiger partial charge < -0.3 is 10.6 Å². The summed E-state index contributed by atoms with van der Waals surface area (Å²) in [5, 5.41) is 11.2. The van der Waals surface area contributed by atoms with Gasteiger partial charge in [-0.05, 0) is 36.6 Å². The second-order valence-corrected chi connectivity index (χ2v) is 6.97. The molecule has 0 saturated carbocycles. The molecule has 0 unspecified atom stereocenters. The molecule has 0 fully saturated rings. The minimum absolute atomic E-state index is 0.0680. The highest BCUT2D eigenvalue weighted by atomic mass is 19.1. The van der Waals surface area contributed by atoms with Crippen LogP contribution in [-0.2, 0) is 13.0 Å². The van der Waals surface area contributed by atoms with Gasteiger partial charge in [-0.15, -0.1) is 0 Å². The Balaban J connectivity index is 1.55. The molecule has 0 saturated heterocycles. The van der Waals surface area contributed by atoms with Crippen LogP contribution in [0.25, 0.3) is 5.65 Å². The molecule has 156 valence electrons. The summed E-state index contributed by atoms with van der Waals surface area (Å²) < 4.78 is 30.2. The van der Waals surface area contributed by atoms with E-state index in [0.717, 1.165) is 0 Å². The van der Waals surface area contributed by atoms with Crippen LogP contribution >= 0.6 is 0 Å². The number of hydrogen-bond donors (Lipinski definition) is 2. The minimum Gasteiger partial charge on any atom is -0.373 e. The number of pyridine rings is 2. The molecule has 0 atom stereocenters. The van der Waals surface area contributed by atoms with Crippen molar-refractivity contribution in [1.29, 1.82) is 0 Å². The van der Waals surface area contributed by atoms with Crippen LogP contribution in [0.5, 0.6) is 0 Å². The van der Waals surface area contributed by atoms with Gasteiger partial charge in [0, 0.05) is 25.5 Å². The number of aryl methyl sites for hydroxylation is 2. The predicted octanol–water partition coefficient (Wildman–Crippen LogP) is 2.16. The van der Waals surface area contributed by atoms with Crippen LogP contribution in [0.4, 0.5) is 14.6 Å². The lowest BCUT2D eigenvalue weighted by atomic mass is 10.2. The maximum Gasteiger partial charge on any atom is 0.270 e. The molecule has 30 heavy (non-hydrogen) atoms. The number of carbonyl (C=O) groups excluding carboxylic acids is 1. The van der Waals surface area contributed by atoms with Crippen LogP contribution in [0.1, 0.15) is 34.2 Å². The standard InChI is InChI=1S/C20H21F2N7O/c1-3-16-17(28-10-12(2)6-14(21)19(28)27-16)20(30)25-9-13-7-15(22)18(24-8-13)29-5-4-23-11-26-29/h6-8,10-11H,3-5,9H2,1-2H3,(H,23,26)(H,25,30). The first-order valence-electron chi connectivity index (χ1n) is 9.61. The SMILES string of the molecule is CCc1nc2c(F)cc(C)cn2c1C(=O)NCc1cnc(N2CCNC=N2)c(F)c1. The number of nitrogens with one attached hydrogen (secondary N) is 2. The fourth-order valence-electron chi connectivity index (χ4n) is 3.35. The summed E-state index contributed by atoms with van der Waals surface area (Å²) in [4.78, 5) is 21.2. The third-order valence-electron chi connectivity index (χ3n) is 4.77. The maximum absolute atomic E-state index is 14.5. The van der Waals surface area contributed by atoms with Gasteiger partial charge in [0.2, 0.25) is 0 Å². The van der Waals surface area contributed by atoms with Gasteiger partial charge in [-0.1, -0.05) is 6.92 Å². The number of rotatable bonds is 5. The van der Waals surface area contributed by atoms with Crippen LogP contribution in [0.3, 0.4) is 0 Å². The van der Waals surface area contributed by atoms with E-state index in [2.05, 4.69) is 25.7 Å². The first-order valence-corrected chi connectivity index (χ1v) is 9.61. The molecule has 2 N–H and O–H groups in total. The van der Waals surface area contributed by atoms with Crippen molar-refractivity contribution in [2.45, 2.75) is 26.8 Å². The quantitative estimate of drug-likeness (QED) is 0.670. The molecule has 8 nitrogen and oxygen atoms in total. The van der Waals surface area contributed by atoms with E-state index in [9.17, 15) is 13.6 Å². The van der Waals surface area contributed by atoms with Crippen LogP contribution in [0, 0.1) is 18.6 Å². The Labute approximate surface area is 171 Å². The summed E-state index contributed by atoms with van der Waals surface area (Å²) >= 11 is 0. The second-order valence-electron chi connectivity index (χ2n) is 6.97. The first kappa shape index (κ1) is 19.7. The summed E-state index contributed by atoms with van der Waals surface area (Å²) in [6.45, 7) is 4.80. The van der Waals surface area contributed by atoms with Gasteiger partial charge in [-0.3, -0.25) is 9.20 Å². The number of imidazole rings is 1. The fourth-order valence-corrected chi connectivity index (χ4v) is 3.35. The Bertz CT molecular complexity index is 1140. The number of carbonyl (C=O) groups is 1. The van der Waals surface area contributed by atoms with Crippen molar-refractivity contribution >= 4 is 23.7 Å². The van der Waals surface area contributed by atoms with Crippen molar-refractivity contribution in [2.75, 3.05) is 18.1 Å². The summed E-state index contributed by atoms with van der Waals surface area (Å²) in [7, 11) is 0. The average Bonchev–Trinajstić information content (AvgIpc) is 3.11. The third kappa shape index (κ3) is 3.68. The molecule has 0 radical (unpaired) electrons. The Morgan fingerprint density at radius 1 is 1.30 bits per heavy atom. The number of nitrogens with zero attached hydrogens (tertiary/aromatic N) is 5. The number of amides is 1. The zero-order valence-electron chi connectivity index (χ0n) is 16.6. The summed E-state index contributed by atoms with van der Waals surface area (Å²) in [5.74, 6) is -1.30. The summed E-state index contributed by atoms with van der Waals surface area (Å²) in [5.41, 5.74) is 2.05. The number of hydrogen-bond acceptors (Lipinski definition) is 6. The van der Waals surface area contributed by atoms with Crippen molar-refractivity contribution in [3.63, 3.8) is 0 Å². The lowest BCUT2D eigenvalue weighted by Gasteiger charge is -2.21. The Morgan fingerprint density at radius 3 is 2.83 bits per heavy atom. The molecule has 0 spiro atoms. The normalized spacial score (nSPS) is 13.5. The number of anilines is 1. The van der Waals surface area contributed by atoms with E-state index < -0.39 is 17.5 Å². The second kappa shape index (κ2) is 8.05. The zero-order chi connectivity index (χ0) is 21.3. The van der Waals surface area contributed by atoms with Gasteiger partial charge in [0.1, 0.15) is 12.0 Å². The molecule has 4 heterocycles. The van der Waals surface area contributed by atoms with Crippen LogP contribution in [0.15, 0.2) is 29.6 Å². The van der Waals surface area contributed by atoms with Crippen molar-refractivity contribution in [1.82, 2.24) is 25.0 Å². The Hall–Kier alpha value is -3.56. The van der Waals surface area contributed by atoms with Crippen LogP contribution < -0.4 is 15.6 Å². The smallest absolute Gasteiger partial charge is 0.270 e. The van der Waals surface area contributed by atoms with E-state index in [0.29, 0.717) is 36.3 Å². The predicted molar refractivity (Wildman–Crippen MR) is 108 cm³/mol. The minimum atomic E-state index is -0.525. The third-order valence-corrected chi connectivity index (χ3v) is 4.77. The lowest BCUT2D eigenvalue weighted by molar-refractivity contribution is 0.0944. The highest BCUT2D eigenvalue weighted by Gasteiger charge is 2.21. The monoisotopic (exact) mass is 413 g/mol. The number of aromatic nitrogens is 3. The number of hydrazone groups is 1. The van der Waals surface area contributed by atoms with Crippen molar-refractivity contribution in [2.24, 2.45) is 5.10 Å². The van der Waals surface area contributed by atoms with Gasteiger partial charge in [0.15, 0.2) is 23.1 Å². The lowest BCUT2D eigenvalue weighted by Crippen LogP contribution is -2.35. The maximum atomic E-state index is 14.5.